The number of carboxylic acid groups (broad SMARTS) is 2. The molecule has 5 heteroatoms. The number of carbonyl (C=O) groups is 2. The molecule has 0 aromatic rings. The van der Waals surface area contributed by atoms with Crippen LogP contribution in [0.15, 0.2) is 0 Å². The summed E-state index contributed by atoms with van der Waals surface area (Å²) >= 11 is 0. The summed E-state index contributed by atoms with van der Waals surface area (Å²) < 4.78 is 0. The number of aliphatic carboxylic acids is 2. The molecule has 0 rings (SSSR count). The van der Waals surface area contributed by atoms with Crippen molar-refractivity contribution in [3.63, 3.8) is 0 Å². The van der Waals surface area contributed by atoms with Crippen LogP contribution in [-0.2, 0) is 32.0 Å². The Morgan fingerprint density at radius 2 is 1.17 bits per heavy atom. The molecule has 0 heterocycles. The molecule has 0 aromatic heterocycles. The molecule has 75 valence electrons. The standard InChI is InChI=1S/C7H12O4.Ag/c8-6(9)4-2-1-3-5-7(10)11;/h1-5H2,(H,8,9)(H,10,11);. The van der Waals surface area contributed by atoms with Crippen molar-refractivity contribution in [3.05, 3.63) is 0 Å². The summed E-state index contributed by atoms with van der Waals surface area (Å²) in [6, 6.07) is 0. The van der Waals surface area contributed by atoms with Crippen LogP contribution >= 0.6 is 0 Å². The maximum absolute atomic E-state index is 9.98. The molecule has 0 amide bonds. The summed E-state index contributed by atoms with van der Waals surface area (Å²) in [6.45, 7) is 0. The van der Waals surface area contributed by atoms with E-state index in [9.17, 15) is 9.59 Å². The van der Waals surface area contributed by atoms with Gasteiger partial charge in [0.15, 0.2) is 0 Å². The monoisotopic (exact) mass is 267 g/mol. The van der Waals surface area contributed by atoms with Gasteiger partial charge in [0.2, 0.25) is 0 Å². The Hall–Kier alpha value is -0.320. The first-order chi connectivity index (χ1) is 5.13. The van der Waals surface area contributed by atoms with E-state index in [1.54, 1.807) is 0 Å². The van der Waals surface area contributed by atoms with E-state index in [0.717, 1.165) is 0 Å². The normalized spacial score (nSPS) is 8.67. The third-order valence-corrected chi connectivity index (χ3v) is 1.28. The van der Waals surface area contributed by atoms with Gasteiger partial charge in [0.05, 0.1) is 0 Å². The third kappa shape index (κ3) is 12.4. The van der Waals surface area contributed by atoms with E-state index in [-0.39, 0.29) is 35.2 Å². The number of carboxylic acids is 2. The zero-order valence-corrected chi connectivity index (χ0v) is 8.03. The van der Waals surface area contributed by atoms with Crippen molar-refractivity contribution in [2.24, 2.45) is 0 Å². The minimum absolute atomic E-state index is 0. The smallest absolute Gasteiger partial charge is 0.303 e. The Labute approximate surface area is 86.5 Å². The summed E-state index contributed by atoms with van der Waals surface area (Å²) in [6.07, 6.45) is 2.10. The second kappa shape index (κ2) is 8.77. The molecule has 0 atom stereocenters. The van der Waals surface area contributed by atoms with Crippen LogP contribution < -0.4 is 0 Å². The summed E-state index contributed by atoms with van der Waals surface area (Å²) in [7, 11) is 0. The minimum atomic E-state index is -0.819. The van der Waals surface area contributed by atoms with E-state index in [0.29, 0.717) is 19.3 Å². The van der Waals surface area contributed by atoms with E-state index in [1.807, 2.05) is 0 Å². The van der Waals surface area contributed by atoms with Crippen molar-refractivity contribution in [3.8, 4) is 0 Å². The summed E-state index contributed by atoms with van der Waals surface area (Å²) in [5.41, 5.74) is 0. The van der Waals surface area contributed by atoms with Gasteiger partial charge < -0.3 is 10.2 Å². The molecule has 1 radical (unpaired) electrons. The maximum Gasteiger partial charge on any atom is 0.303 e. The summed E-state index contributed by atoms with van der Waals surface area (Å²) in [4.78, 5) is 20.0. The molecule has 0 aromatic carbocycles. The van der Waals surface area contributed by atoms with E-state index in [2.05, 4.69) is 0 Å². The average molecular weight is 268 g/mol. The average Bonchev–Trinajstić information content (AvgIpc) is 1.85. The predicted molar refractivity (Wildman–Crippen MR) is 38.4 cm³/mol. The third-order valence-electron chi connectivity index (χ3n) is 1.28. The Kier molecular flexibility index (Phi) is 10.4. The van der Waals surface area contributed by atoms with Gasteiger partial charge in [-0.05, 0) is 12.8 Å². The van der Waals surface area contributed by atoms with Crippen molar-refractivity contribution in [1.82, 2.24) is 0 Å². The molecule has 0 aliphatic heterocycles. The largest absolute Gasteiger partial charge is 0.481 e. The van der Waals surface area contributed by atoms with Crippen molar-refractivity contribution in [1.29, 1.82) is 0 Å². The van der Waals surface area contributed by atoms with Crippen LogP contribution in [0.5, 0.6) is 0 Å². The molecule has 0 saturated carbocycles. The second-order valence-corrected chi connectivity index (χ2v) is 2.35. The Bertz CT molecular complexity index is 130. The van der Waals surface area contributed by atoms with Crippen LogP contribution in [0.2, 0.25) is 0 Å². The van der Waals surface area contributed by atoms with Crippen LogP contribution in [0.4, 0.5) is 0 Å². The number of hydrogen-bond donors (Lipinski definition) is 2. The number of hydrogen-bond acceptors (Lipinski definition) is 2. The molecule has 0 bridgehead atoms. The van der Waals surface area contributed by atoms with Crippen molar-refractivity contribution in [2.45, 2.75) is 32.1 Å². The molecule has 0 unspecified atom stereocenters. The maximum atomic E-state index is 9.98. The van der Waals surface area contributed by atoms with E-state index >= 15 is 0 Å². The van der Waals surface area contributed by atoms with Crippen LogP contribution in [0.3, 0.4) is 0 Å². The molecule has 0 saturated heterocycles. The first kappa shape index (κ1) is 14.2. The van der Waals surface area contributed by atoms with Gasteiger partial charge >= 0.3 is 11.9 Å². The first-order valence-corrected chi connectivity index (χ1v) is 3.56. The van der Waals surface area contributed by atoms with E-state index in [1.165, 1.54) is 0 Å². The fourth-order valence-corrected chi connectivity index (χ4v) is 0.729. The van der Waals surface area contributed by atoms with Crippen LogP contribution in [0.25, 0.3) is 0 Å². The molecule has 12 heavy (non-hydrogen) atoms. The van der Waals surface area contributed by atoms with E-state index < -0.39 is 11.9 Å². The van der Waals surface area contributed by atoms with Gasteiger partial charge in [-0.1, -0.05) is 6.42 Å². The van der Waals surface area contributed by atoms with Crippen molar-refractivity contribution >= 4 is 11.9 Å². The minimum Gasteiger partial charge on any atom is -0.481 e. The molecule has 0 aliphatic carbocycles. The van der Waals surface area contributed by atoms with Gasteiger partial charge in [0.1, 0.15) is 0 Å². The van der Waals surface area contributed by atoms with Crippen molar-refractivity contribution < 1.29 is 42.2 Å². The zero-order chi connectivity index (χ0) is 8.69. The fraction of sp³-hybridized carbons (Fsp3) is 0.714. The summed E-state index contributed by atoms with van der Waals surface area (Å²) in [5, 5.41) is 16.4. The first-order valence-electron chi connectivity index (χ1n) is 3.56. The summed E-state index contributed by atoms with van der Waals surface area (Å²) in [5.74, 6) is -1.64. The van der Waals surface area contributed by atoms with Gasteiger partial charge in [-0.15, -0.1) is 0 Å². The number of unbranched alkanes of at least 4 members (excludes halogenated alkanes) is 2. The van der Waals surface area contributed by atoms with Gasteiger partial charge in [-0.2, -0.15) is 0 Å². The van der Waals surface area contributed by atoms with Gasteiger partial charge in [0, 0.05) is 35.2 Å². The van der Waals surface area contributed by atoms with Gasteiger partial charge in [-0.3, -0.25) is 9.59 Å². The van der Waals surface area contributed by atoms with Gasteiger partial charge in [-0.25, -0.2) is 0 Å². The van der Waals surface area contributed by atoms with Crippen LogP contribution in [0.1, 0.15) is 32.1 Å². The zero-order valence-electron chi connectivity index (χ0n) is 6.55. The van der Waals surface area contributed by atoms with Gasteiger partial charge in [0.25, 0.3) is 0 Å². The molecule has 2 N–H and O–H groups in total. The van der Waals surface area contributed by atoms with Crippen molar-refractivity contribution in [2.75, 3.05) is 0 Å². The SMILES string of the molecule is O=C(O)CCCCCC(=O)O.[Ag]. The number of rotatable bonds is 6. The van der Waals surface area contributed by atoms with E-state index in [4.69, 9.17) is 10.2 Å². The molecular weight excluding hydrogens is 256 g/mol. The van der Waals surface area contributed by atoms with Crippen LogP contribution in [-0.4, -0.2) is 22.2 Å². The second-order valence-electron chi connectivity index (χ2n) is 2.35. The molecule has 0 aliphatic rings. The Balaban J connectivity index is 0. The molecular formula is C7H12AgO4. The quantitative estimate of drug-likeness (QED) is 0.558. The molecule has 0 fully saturated rings. The fourth-order valence-electron chi connectivity index (χ4n) is 0.729. The predicted octanol–water partition coefficient (Wildman–Crippen LogP) is 1.10. The Morgan fingerprint density at radius 3 is 1.42 bits per heavy atom. The molecule has 0 spiro atoms. The Morgan fingerprint density at radius 1 is 0.833 bits per heavy atom. The molecule has 4 nitrogen and oxygen atoms in total. The van der Waals surface area contributed by atoms with Crippen LogP contribution in [0, 0.1) is 0 Å². The topological polar surface area (TPSA) is 74.6 Å².